The number of nitriles is 1. The number of hydrogen-bond acceptors (Lipinski definition) is 6. The fourth-order valence-corrected chi connectivity index (χ4v) is 4.20. The maximum Gasteiger partial charge on any atom is 0.214 e. The molecule has 1 N–H and O–H groups in total. The van der Waals surface area contributed by atoms with Crippen molar-refractivity contribution in [1.29, 1.82) is 5.26 Å². The van der Waals surface area contributed by atoms with Gasteiger partial charge in [0.1, 0.15) is 11.9 Å². The van der Waals surface area contributed by atoms with Crippen LogP contribution in [0.1, 0.15) is 16.7 Å². The number of nitrogens with one attached hydrogen (secondary N) is 1. The Hall–Kier alpha value is -4.09. The molecule has 0 atom stereocenters. The van der Waals surface area contributed by atoms with Crippen molar-refractivity contribution in [2.45, 2.75) is 13.0 Å². The van der Waals surface area contributed by atoms with Crippen LogP contribution in [-0.2, 0) is 17.8 Å². The Kier molecular flexibility index (Phi) is 7.03. The zero-order valence-electron chi connectivity index (χ0n) is 17.6. The summed E-state index contributed by atoms with van der Waals surface area (Å²) in [5, 5.41) is 16.3. The Bertz CT molecular complexity index is 1290. The third-order valence-corrected chi connectivity index (χ3v) is 5.78. The largest absolute Gasteiger partial charge is 0.368 e. The van der Waals surface area contributed by atoms with Crippen molar-refractivity contribution in [3.8, 4) is 17.3 Å². The molecule has 3 aromatic heterocycles. The van der Waals surface area contributed by atoms with Crippen molar-refractivity contribution in [2.24, 2.45) is 0 Å². The molecular formula is C25H20FN5OS. The summed E-state index contributed by atoms with van der Waals surface area (Å²) >= 11 is 1.43. The first-order valence-corrected chi connectivity index (χ1v) is 11.2. The Morgan fingerprint density at radius 2 is 2.03 bits per heavy atom. The van der Waals surface area contributed by atoms with E-state index in [1.165, 1.54) is 23.5 Å². The minimum absolute atomic E-state index is 0.279. The highest BCUT2D eigenvalue weighted by Gasteiger charge is 2.16. The molecule has 1 amide bonds. The number of aromatic nitrogens is 2. The lowest BCUT2D eigenvalue weighted by molar-refractivity contribution is -0.107. The van der Waals surface area contributed by atoms with Gasteiger partial charge in [-0.05, 0) is 47.9 Å². The molecule has 0 aliphatic carbocycles. The summed E-state index contributed by atoms with van der Waals surface area (Å²) in [6, 6.07) is 16.0. The second kappa shape index (κ2) is 10.5. The van der Waals surface area contributed by atoms with Crippen LogP contribution in [0.4, 0.5) is 15.9 Å². The van der Waals surface area contributed by atoms with Crippen molar-refractivity contribution in [3.63, 3.8) is 0 Å². The van der Waals surface area contributed by atoms with Crippen molar-refractivity contribution in [1.82, 2.24) is 9.97 Å². The minimum atomic E-state index is -0.279. The van der Waals surface area contributed by atoms with Gasteiger partial charge >= 0.3 is 0 Å². The maximum absolute atomic E-state index is 13.5. The summed E-state index contributed by atoms with van der Waals surface area (Å²) in [5.41, 5.74) is 4.26. The summed E-state index contributed by atoms with van der Waals surface area (Å²) in [6.45, 7) is 0.820. The highest BCUT2D eigenvalue weighted by molar-refractivity contribution is 7.08. The van der Waals surface area contributed by atoms with E-state index in [0.29, 0.717) is 42.3 Å². The topological polar surface area (TPSA) is 81.9 Å². The van der Waals surface area contributed by atoms with Gasteiger partial charge in [-0.1, -0.05) is 18.2 Å². The number of anilines is 2. The van der Waals surface area contributed by atoms with Gasteiger partial charge in [0.2, 0.25) is 6.41 Å². The van der Waals surface area contributed by atoms with E-state index in [0.717, 1.165) is 23.1 Å². The van der Waals surface area contributed by atoms with Gasteiger partial charge in [-0.15, -0.1) is 0 Å². The van der Waals surface area contributed by atoms with Crippen molar-refractivity contribution in [3.05, 3.63) is 94.2 Å². The molecule has 3 heterocycles. The Labute approximate surface area is 195 Å². The van der Waals surface area contributed by atoms with E-state index in [4.69, 9.17) is 4.98 Å². The summed E-state index contributed by atoms with van der Waals surface area (Å²) < 4.78 is 13.5. The smallest absolute Gasteiger partial charge is 0.214 e. The molecule has 33 heavy (non-hydrogen) atoms. The van der Waals surface area contributed by atoms with E-state index in [1.54, 1.807) is 34.8 Å². The summed E-state index contributed by atoms with van der Waals surface area (Å²) in [4.78, 5) is 22.4. The number of amides is 1. The molecule has 0 saturated carbocycles. The highest BCUT2D eigenvalue weighted by Crippen LogP contribution is 2.31. The number of hydrogen-bond donors (Lipinski definition) is 1. The van der Waals surface area contributed by atoms with Crippen molar-refractivity contribution in [2.75, 3.05) is 16.8 Å². The molecule has 4 rings (SSSR count). The van der Waals surface area contributed by atoms with Gasteiger partial charge in [-0.2, -0.15) is 16.6 Å². The molecule has 0 unspecified atom stereocenters. The fraction of sp³-hybridized carbons (Fsp3) is 0.120. The number of nitrogens with zero attached hydrogens (tertiary/aromatic N) is 4. The van der Waals surface area contributed by atoms with E-state index in [1.807, 2.05) is 29.6 Å². The number of carbonyl (C=O) groups excluding carboxylic acids is 1. The first-order chi connectivity index (χ1) is 16.2. The number of rotatable bonds is 9. The predicted molar refractivity (Wildman–Crippen MR) is 127 cm³/mol. The lowest BCUT2D eigenvalue weighted by Gasteiger charge is -2.21. The monoisotopic (exact) mass is 457 g/mol. The molecule has 6 nitrogen and oxygen atoms in total. The standard InChI is InChI=1S/C25H20FN5OS/c26-21-5-1-3-18(11-21)8-10-29-25-24(31(17-32)14-19-4-2-9-28-13-19)7-6-23(30-25)22-16-33-15-20(22)12-27/h1-7,9,11,13,15-17H,8,10,14H2,(H,29,30). The molecule has 0 spiro atoms. The Balaban J connectivity index is 1.64. The molecule has 0 saturated heterocycles. The first kappa shape index (κ1) is 22.1. The molecule has 0 bridgehead atoms. The molecular weight excluding hydrogens is 437 g/mol. The Morgan fingerprint density at radius 1 is 1.15 bits per heavy atom. The van der Waals surface area contributed by atoms with Crippen LogP contribution in [-0.4, -0.2) is 22.9 Å². The zero-order valence-corrected chi connectivity index (χ0v) is 18.4. The van der Waals surface area contributed by atoms with Gasteiger partial charge in [0.25, 0.3) is 0 Å². The molecule has 0 aliphatic rings. The second-order valence-corrected chi connectivity index (χ2v) is 8.02. The quantitative estimate of drug-likeness (QED) is 0.356. The van der Waals surface area contributed by atoms with Crippen LogP contribution in [0.2, 0.25) is 0 Å². The van der Waals surface area contributed by atoms with Gasteiger partial charge in [0, 0.05) is 35.3 Å². The maximum atomic E-state index is 13.5. The van der Waals surface area contributed by atoms with Crippen LogP contribution in [0.3, 0.4) is 0 Å². The summed E-state index contributed by atoms with van der Waals surface area (Å²) in [5.74, 6) is 0.230. The van der Waals surface area contributed by atoms with Crippen LogP contribution in [0.5, 0.6) is 0 Å². The van der Waals surface area contributed by atoms with E-state index in [9.17, 15) is 14.4 Å². The predicted octanol–water partition coefficient (Wildman–Crippen LogP) is 5.03. The lowest BCUT2D eigenvalue weighted by Crippen LogP contribution is -2.23. The number of halogens is 1. The van der Waals surface area contributed by atoms with Crippen LogP contribution in [0, 0.1) is 17.1 Å². The number of pyridine rings is 2. The normalized spacial score (nSPS) is 10.4. The van der Waals surface area contributed by atoms with Crippen LogP contribution >= 0.6 is 11.3 Å². The third kappa shape index (κ3) is 5.40. The van der Waals surface area contributed by atoms with Gasteiger partial charge in [0.05, 0.1) is 23.5 Å². The molecule has 8 heteroatoms. The van der Waals surface area contributed by atoms with E-state index in [2.05, 4.69) is 16.4 Å². The zero-order chi connectivity index (χ0) is 23.0. The molecule has 0 radical (unpaired) electrons. The molecule has 1 aromatic carbocycles. The lowest BCUT2D eigenvalue weighted by atomic mass is 10.1. The van der Waals surface area contributed by atoms with E-state index < -0.39 is 0 Å². The SMILES string of the molecule is N#Cc1cscc1-c1ccc(N(C=O)Cc2cccnc2)c(NCCc2cccc(F)c2)n1. The van der Waals surface area contributed by atoms with Gasteiger partial charge in [0.15, 0.2) is 5.82 Å². The van der Waals surface area contributed by atoms with Crippen molar-refractivity contribution < 1.29 is 9.18 Å². The number of benzene rings is 1. The summed E-state index contributed by atoms with van der Waals surface area (Å²) in [7, 11) is 0. The van der Waals surface area contributed by atoms with Gasteiger partial charge in [-0.3, -0.25) is 9.78 Å². The minimum Gasteiger partial charge on any atom is -0.368 e. The van der Waals surface area contributed by atoms with Crippen LogP contribution in [0.25, 0.3) is 11.3 Å². The molecule has 0 aliphatic heterocycles. The third-order valence-electron chi connectivity index (χ3n) is 5.04. The van der Waals surface area contributed by atoms with Crippen LogP contribution in [0.15, 0.2) is 71.7 Å². The fourth-order valence-electron chi connectivity index (χ4n) is 3.43. The number of carbonyl (C=O) groups is 1. The highest BCUT2D eigenvalue weighted by atomic mass is 32.1. The average molecular weight is 458 g/mol. The number of thiophene rings is 1. The van der Waals surface area contributed by atoms with Gasteiger partial charge < -0.3 is 10.2 Å². The molecule has 0 fully saturated rings. The summed E-state index contributed by atoms with van der Waals surface area (Å²) in [6.07, 6.45) is 4.72. The average Bonchev–Trinajstić information content (AvgIpc) is 3.32. The first-order valence-electron chi connectivity index (χ1n) is 10.2. The second-order valence-electron chi connectivity index (χ2n) is 7.28. The van der Waals surface area contributed by atoms with Crippen LogP contribution < -0.4 is 10.2 Å². The van der Waals surface area contributed by atoms with E-state index >= 15 is 0 Å². The molecule has 4 aromatic rings. The van der Waals surface area contributed by atoms with Crippen molar-refractivity contribution >= 4 is 29.3 Å². The molecule has 164 valence electrons. The van der Waals surface area contributed by atoms with Gasteiger partial charge in [-0.25, -0.2) is 9.37 Å². The Morgan fingerprint density at radius 3 is 2.79 bits per heavy atom. The van der Waals surface area contributed by atoms with E-state index in [-0.39, 0.29) is 5.82 Å².